The van der Waals surface area contributed by atoms with Crippen LogP contribution in [-0.4, -0.2) is 37.9 Å². The summed E-state index contributed by atoms with van der Waals surface area (Å²) in [5.74, 6) is 0. The Morgan fingerprint density at radius 1 is 1.24 bits per heavy atom. The highest BCUT2D eigenvalue weighted by Crippen LogP contribution is 2.37. The molecule has 3 nitrogen and oxygen atoms in total. The van der Waals surface area contributed by atoms with E-state index in [4.69, 9.17) is 4.74 Å². The van der Waals surface area contributed by atoms with Crippen LogP contribution in [0.15, 0.2) is 0 Å². The van der Waals surface area contributed by atoms with E-state index >= 15 is 0 Å². The van der Waals surface area contributed by atoms with Gasteiger partial charge in [-0.25, -0.2) is 0 Å². The fraction of sp³-hybridized carbons (Fsp3) is 1.00. The molecule has 100 valence electrons. The molecule has 17 heavy (non-hydrogen) atoms. The van der Waals surface area contributed by atoms with E-state index in [9.17, 15) is 0 Å². The number of rotatable bonds is 3. The minimum atomic E-state index is 0.107. The highest BCUT2D eigenvalue weighted by atomic mass is 16.5. The summed E-state index contributed by atoms with van der Waals surface area (Å²) in [5, 5.41) is 7.16. The van der Waals surface area contributed by atoms with E-state index in [2.05, 4.69) is 31.4 Å². The Bertz CT molecular complexity index is 238. The Morgan fingerprint density at radius 2 is 1.94 bits per heavy atom. The van der Waals surface area contributed by atoms with Gasteiger partial charge in [0.1, 0.15) is 0 Å². The Hall–Kier alpha value is -0.120. The summed E-state index contributed by atoms with van der Waals surface area (Å²) < 4.78 is 6.21. The first-order chi connectivity index (χ1) is 8.08. The minimum Gasteiger partial charge on any atom is -0.372 e. The molecular formula is C14H28N2O. The van der Waals surface area contributed by atoms with E-state index in [-0.39, 0.29) is 5.60 Å². The fourth-order valence-corrected chi connectivity index (χ4v) is 3.07. The lowest BCUT2D eigenvalue weighted by molar-refractivity contribution is -0.121. The van der Waals surface area contributed by atoms with Gasteiger partial charge in [0.05, 0.1) is 12.2 Å². The number of morpholine rings is 1. The summed E-state index contributed by atoms with van der Waals surface area (Å²) >= 11 is 0. The van der Waals surface area contributed by atoms with E-state index in [0.717, 1.165) is 39.1 Å². The van der Waals surface area contributed by atoms with Gasteiger partial charge in [-0.3, -0.25) is 0 Å². The molecule has 0 aromatic heterocycles. The van der Waals surface area contributed by atoms with Gasteiger partial charge in [-0.1, -0.05) is 27.2 Å². The quantitative estimate of drug-likeness (QED) is 0.791. The molecule has 2 N–H and O–H groups in total. The molecule has 2 heterocycles. The highest BCUT2D eigenvalue weighted by Gasteiger charge is 2.44. The first-order valence-electron chi connectivity index (χ1n) is 7.16. The van der Waals surface area contributed by atoms with Gasteiger partial charge in [0.25, 0.3) is 0 Å². The van der Waals surface area contributed by atoms with Crippen LogP contribution in [0.4, 0.5) is 0 Å². The first-order valence-corrected chi connectivity index (χ1v) is 7.16. The Morgan fingerprint density at radius 3 is 2.59 bits per heavy atom. The molecule has 0 amide bonds. The second-order valence-corrected chi connectivity index (χ2v) is 6.39. The third-order valence-corrected chi connectivity index (χ3v) is 4.68. The number of ether oxygens (including phenoxy) is 1. The van der Waals surface area contributed by atoms with E-state index < -0.39 is 0 Å². The number of hydrogen-bond donors (Lipinski definition) is 2. The van der Waals surface area contributed by atoms with Crippen LogP contribution in [0, 0.1) is 5.41 Å². The van der Waals surface area contributed by atoms with Crippen molar-refractivity contribution in [3.63, 3.8) is 0 Å². The van der Waals surface area contributed by atoms with E-state index in [1.165, 1.54) is 12.8 Å². The number of hydrogen-bond acceptors (Lipinski definition) is 3. The van der Waals surface area contributed by atoms with Crippen molar-refractivity contribution < 1.29 is 4.74 Å². The fourth-order valence-electron chi connectivity index (χ4n) is 3.07. The maximum atomic E-state index is 6.21. The summed E-state index contributed by atoms with van der Waals surface area (Å²) in [6, 6.07) is 0.535. The Labute approximate surface area is 106 Å². The molecule has 1 atom stereocenters. The van der Waals surface area contributed by atoms with Gasteiger partial charge in [-0.15, -0.1) is 0 Å². The van der Waals surface area contributed by atoms with Crippen molar-refractivity contribution >= 4 is 0 Å². The van der Waals surface area contributed by atoms with Crippen LogP contribution in [0.1, 0.15) is 46.5 Å². The number of nitrogens with one attached hydrogen (secondary N) is 2. The predicted molar refractivity (Wildman–Crippen MR) is 71.3 cm³/mol. The normalized spacial score (nSPS) is 29.5. The molecule has 0 aromatic carbocycles. The van der Waals surface area contributed by atoms with Crippen molar-refractivity contribution in [3.05, 3.63) is 0 Å². The first kappa shape index (κ1) is 13.3. The molecule has 0 radical (unpaired) electrons. The summed E-state index contributed by atoms with van der Waals surface area (Å²) in [6.45, 7) is 11.1. The third kappa shape index (κ3) is 3.01. The molecular weight excluding hydrogens is 212 g/mol. The molecule has 2 rings (SSSR count). The van der Waals surface area contributed by atoms with Gasteiger partial charge >= 0.3 is 0 Å². The summed E-state index contributed by atoms with van der Waals surface area (Å²) in [5.41, 5.74) is 0.520. The Balaban J connectivity index is 2.06. The van der Waals surface area contributed by atoms with Gasteiger partial charge in [0.2, 0.25) is 0 Å². The lowest BCUT2D eigenvalue weighted by Crippen LogP contribution is -2.62. The van der Waals surface area contributed by atoms with Crippen molar-refractivity contribution in [1.82, 2.24) is 10.6 Å². The molecule has 2 fully saturated rings. The summed E-state index contributed by atoms with van der Waals surface area (Å²) in [7, 11) is 0. The average molecular weight is 240 g/mol. The molecule has 3 heteroatoms. The maximum Gasteiger partial charge on any atom is 0.0859 e. The monoisotopic (exact) mass is 240 g/mol. The van der Waals surface area contributed by atoms with Crippen LogP contribution < -0.4 is 10.6 Å². The second-order valence-electron chi connectivity index (χ2n) is 6.39. The largest absolute Gasteiger partial charge is 0.372 e. The zero-order chi connectivity index (χ0) is 12.4. The van der Waals surface area contributed by atoms with Crippen molar-refractivity contribution in [1.29, 1.82) is 0 Å². The molecule has 2 aliphatic rings. The minimum absolute atomic E-state index is 0.107. The zero-order valence-electron chi connectivity index (χ0n) is 11.6. The van der Waals surface area contributed by atoms with E-state index in [1.54, 1.807) is 0 Å². The van der Waals surface area contributed by atoms with Crippen molar-refractivity contribution in [3.8, 4) is 0 Å². The highest BCUT2D eigenvalue weighted by molar-refractivity contribution is 5.00. The van der Waals surface area contributed by atoms with Crippen LogP contribution in [-0.2, 0) is 4.74 Å². The van der Waals surface area contributed by atoms with Crippen LogP contribution in [0.2, 0.25) is 0 Å². The summed E-state index contributed by atoms with van der Waals surface area (Å²) in [6.07, 6.45) is 4.78. The third-order valence-electron chi connectivity index (χ3n) is 4.68. The average Bonchev–Trinajstić information content (AvgIpc) is 2.33. The van der Waals surface area contributed by atoms with Gasteiger partial charge < -0.3 is 15.4 Å². The SMILES string of the molecule is CCC(C)(C)CC1NCCOC12CCNCC2. The van der Waals surface area contributed by atoms with Gasteiger partial charge in [0.15, 0.2) is 0 Å². The standard InChI is InChI=1S/C14H28N2O/c1-4-13(2,3)11-12-14(17-10-9-16-12)5-7-15-8-6-14/h12,15-16H,4-11H2,1-3H3. The van der Waals surface area contributed by atoms with Crippen LogP contribution >= 0.6 is 0 Å². The summed E-state index contributed by atoms with van der Waals surface area (Å²) in [4.78, 5) is 0. The predicted octanol–water partition coefficient (Wildman–Crippen LogP) is 1.92. The van der Waals surface area contributed by atoms with Gasteiger partial charge in [0, 0.05) is 12.6 Å². The molecule has 1 spiro atoms. The van der Waals surface area contributed by atoms with Crippen molar-refractivity contribution in [2.24, 2.45) is 5.41 Å². The molecule has 2 aliphatic heterocycles. The van der Waals surface area contributed by atoms with Crippen molar-refractivity contribution in [2.75, 3.05) is 26.2 Å². The lowest BCUT2D eigenvalue weighted by atomic mass is 9.74. The van der Waals surface area contributed by atoms with Crippen LogP contribution in [0.25, 0.3) is 0 Å². The van der Waals surface area contributed by atoms with Gasteiger partial charge in [-0.2, -0.15) is 0 Å². The topological polar surface area (TPSA) is 33.3 Å². The van der Waals surface area contributed by atoms with Gasteiger partial charge in [-0.05, 0) is 37.8 Å². The Kier molecular flexibility index (Phi) is 4.11. The molecule has 2 saturated heterocycles. The van der Waals surface area contributed by atoms with E-state index in [1.807, 2.05) is 0 Å². The maximum absolute atomic E-state index is 6.21. The molecule has 1 unspecified atom stereocenters. The molecule has 0 bridgehead atoms. The van der Waals surface area contributed by atoms with Crippen molar-refractivity contribution in [2.45, 2.75) is 58.1 Å². The van der Waals surface area contributed by atoms with Crippen LogP contribution in [0.5, 0.6) is 0 Å². The van der Waals surface area contributed by atoms with E-state index in [0.29, 0.717) is 11.5 Å². The smallest absolute Gasteiger partial charge is 0.0859 e. The molecule has 0 aromatic rings. The number of piperidine rings is 1. The van der Waals surface area contributed by atoms with Crippen LogP contribution in [0.3, 0.4) is 0 Å². The second kappa shape index (κ2) is 5.25. The zero-order valence-corrected chi connectivity index (χ0v) is 11.6. The molecule has 0 saturated carbocycles. The lowest BCUT2D eigenvalue weighted by Gasteiger charge is -2.49. The molecule has 0 aliphatic carbocycles.